The standard InChI is InChI=1S/C27H24ClNO3/c28-22-12-13-24-23(15-22)27(32,26(31)29(24)17-18-6-2-1-3-7-18)16-25(30)21-11-10-19-8-4-5-9-20(19)14-21/h1-3,6-7,10-15,32H,4-5,8-9,16-17H2/t27-/m0/s1. The van der Waals surface area contributed by atoms with Crippen molar-refractivity contribution < 1.29 is 14.7 Å². The van der Waals surface area contributed by atoms with Gasteiger partial charge in [-0.05, 0) is 66.6 Å². The Balaban J connectivity index is 1.48. The number of fused-ring (bicyclic) bond motifs is 2. The number of carbonyl (C=O) groups is 2. The number of aryl methyl sites for hydroxylation is 2. The molecule has 0 spiro atoms. The van der Waals surface area contributed by atoms with Gasteiger partial charge in [-0.15, -0.1) is 0 Å². The topological polar surface area (TPSA) is 57.6 Å². The molecule has 4 nitrogen and oxygen atoms in total. The molecule has 1 heterocycles. The first kappa shape index (κ1) is 20.9. The Morgan fingerprint density at radius 1 is 0.969 bits per heavy atom. The molecule has 162 valence electrons. The van der Waals surface area contributed by atoms with Crippen molar-refractivity contribution in [3.8, 4) is 0 Å². The minimum Gasteiger partial charge on any atom is -0.375 e. The van der Waals surface area contributed by atoms with E-state index in [1.165, 1.54) is 17.5 Å². The summed E-state index contributed by atoms with van der Waals surface area (Å²) in [6.07, 6.45) is 3.97. The van der Waals surface area contributed by atoms with Crippen LogP contribution in [-0.4, -0.2) is 16.8 Å². The summed E-state index contributed by atoms with van der Waals surface area (Å²) < 4.78 is 0. The molecule has 5 rings (SSSR count). The lowest BCUT2D eigenvalue weighted by Crippen LogP contribution is -2.41. The highest BCUT2D eigenvalue weighted by Gasteiger charge is 2.51. The number of ketones is 1. The van der Waals surface area contributed by atoms with Gasteiger partial charge in [0, 0.05) is 16.1 Å². The van der Waals surface area contributed by atoms with E-state index in [9.17, 15) is 14.7 Å². The van der Waals surface area contributed by atoms with Crippen molar-refractivity contribution >= 4 is 29.0 Å². The van der Waals surface area contributed by atoms with Crippen LogP contribution in [0.1, 0.15) is 51.9 Å². The van der Waals surface area contributed by atoms with Gasteiger partial charge >= 0.3 is 0 Å². The van der Waals surface area contributed by atoms with Crippen molar-refractivity contribution in [3.05, 3.63) is 99.6 Å². The van der Waals surface area contributed by atoms with Crippen molar-refractivity contribution in [3.63, 3.8) is 0 Å². The molecular weight excluding hydrogens is 422 g/mol. The number of rotatable bonds is 5. The van der Waals surface area contributed by atoms with E-state index in [1.807, 2.05) is 48.5 Å². The second-order valence-electron chi connectivity index (χ2n) is 8.69. The van der Waals surface area contributed by atoms with E-state index in [4.69, 9.17) is 11.6 Å². The van der Waals surface area contributed by atoms with Gasteiger partial charge in [0.2, 0.25) is 0 Å². The second kappa shape index (κ2) is 8.19. The monoisotopic (exact) mass is 445 g/mol. The minimum absolute atomic E-state index is 0.248. The summed E-state index contributed by atoms with van der Waals surface area (Å²) >= 11 is 6.21. The maximum atomic E-state index is 13.5. The van der Waals surface area contributed by atoms with Gasteiger partial charge in [0.25, 0.3) is 5.91 Å². The Bertz CT molecular complexity index is 1210. The molecule has 5 heteroatoms. The SMILES string of the molecule is O=C(C[C@@]1(O)C(=O)N(Cc2ccccc2)c2ccc(Cl)cc21)c1ccc2c(c1)CCCC2. The Kier molecular flexibility index (Phi) is 5.36. The van der Waals surface area contributed by atoms with Crippen LogP contribution >= 0.6 is 11.6 Å². The second-order valence-corrected chi connectivity index (χ2v) is 9.13. The number of halogens is 1. The summed E-state index contributed by atoms with van der Waals surface area (Å²) in [6, 6.07) is 20.4. The first-order valence-corrected chi connectivity index (χ1v) is 11.4. The number of anilines is 1. The molecule has 1 amide bonds. The van der Waals surface area contributed by atoms with Crippen LogP contribution in [0.25, 0.3) is 0 Å². The summed E-state index contributed by atoms with van der Waals surface area (Å²) in [5.74, 6) is -0.744. The Morgan fingerprint density at radius 3 is 2.50 bits per heavy atom. The van der Waals surface area contributed by atoms with Crippen molar-refractivity contribution in [2.75, 3.05) is 4.90 Å². The van der Waals surface area contributed by atoms with Crippen molar-refractivity contribution in [1.82, 2.24) is 0 Å². The molecule has 1 aliphatic heterocycles. The zero-order chi connectivity index (χ0) is 22.3. The molecule has 1 aliphatic carbocycles. The fraction of sp³-hybridized carbons (Fsp3) is 0.259. The fourth-order valence-corrected chi connectivity index (χ4v) is 5.03. The van der Waals surface area contributed by atoms with Crippen molar-refractivity contribution in [1.29, 1.82) is 0 Å². The third kappa shape index (κ3) is 3.64. The quantitative estimate of drug-likeness (QED) is 0.547. The van der Waals surface area contributed by atoms with E-state index < -0.39 is 11.5 Å². The molecule has 0 saturated carbocycles. The number of amides is 1. The van der Waals surface area contributed by atoms with Gasteiger partial charge in [-0.1, -0.05) is 54.1 Å². The largest absolute Gasteiger partial charge is 0.375 e. The lowest BCUT2D eigenvalue weighted by atomic mass is 9.85. The van der Waals surface area contributed by atoms with Crippen molar-refractivity contribution in [2.45, 2.75) is 44.2 Å². The maximum absolute atomic E-state index is 13.5. The van der Waals surface area contributed by atoms with Gasteiger partial charge < -0.3 is 10.0 Å². The molecule has 0 bridgehead atoms. The van der Waals surface area contributed by atoms with Gasteiger partial charge in [-0.25, -0.2) is 0 Å². The number of nitrogens with zero attached hydrogens (tertiary/aromatic N) is 1. The lowest BCUT2D eigenvalue weighted by Gasteiger charge is -2.23. The van der Waals surface area contributed by atoms with Crippen LogP contribution in [0.4, 0.5) is 5.69 Å². The third-order valence-electron chi connectivity index (χ3n) is 6.56. The molecule has 32 heavy (non-hydrogen) atoms. The van der Waals surface area contributed by atoms with Gasteiger partial charge in [0.1, 0.15) is 0 Å². The lowest BCUT2D eigenvalue weighted by molar-refractivity contribution is -0.136. The summed E-state index contributed by atoms with van der Waals surface area (Å²) in [6.45, 7) is 0.309. The highest BCUT2D eigenvalue weighted by atomic mass is 35.5. The number of hydrogen-bond donors (Lipinski definition) is 1. The molecule has 3 aromatic carbocycles. The van der Waals surface area contributed by atoms with Gasteiger partial charge in [-0.2, -0.15) is 0 Å². The molecule has 2 aliphatic rings. The van der Waals surface area contributed by atoms with Gasteiger partial charge in [0.15, 0.2) is 11.4 Å². The number of carbonyl (C=O) groups excluding carboxylic acids is 2. The van der Waals surface area contributed by atoms with E-state index >= 15 is 0 Å². The molecule has 0 saturated heterocycles. The molecule has 0 fully saturated rings. The molecule has 0 unspecified atom stereocenters. The fourth-order valence-electron chi connectivity index (χ4n) is 4.86. The highest BCUT2D eigenvalue weighted by molar-refractivity contribution is 6.31. The molecule has 3 aromatic rings. The average Bonchev–Trinajstić information content (AvgIpc) is 3.00. The normalized spacial score (nSPS) is 19.6. The molecule has 0 radical (unpaired) electrons. The van der Waals surface area contributed by atoms with Crippen LogP contribution in [-0.2, 0) is 29.8 Å². The van der Waals surface area contributed by atoms with E-state index in [-0.39, 0.29) is 12.2 Å². The zero-order valence-electron chi connectivity index (χ0n) is 17.7. The molecular formula is C27H24ClNO3. The Hall–Kier alpha value is -2.95. The number of Topliss-reactive ketones (excluding diaryl/α,β-unsaturated/α-hetero) is 1. The van der Waals surface area contributed by atoms with Crippen LogP contribution in [0.3, 0.4) is 0 Å². The van der Waals surface area contributed by atoms with Gasteiger partial charge in [0.05, 0.1) is 18.7 Å². The minimum atomic E-state index is -1.94. The zero-order valence-corrected chi connectivity index (χ0v) is 18.4. The highest BCUT2D eigenvalue weighted by Crippen LogP contribution is 2.44. The first-order chi connectivity index (χ1) is 15.5. The average molecular weight is 446 g/mol. The van der Waals surface area contributed by atoms with E-state index in [2.05, 4.69) is 0 Å². The van der Waals surface area contributed by atoms with Crippen LogP contribution in [0, 0.1) is 0 Å². The van der Waals surface area contributed by atoms with Crippen LogP contribution in [0.15, 0.2) is 66.7 Å². The summed E-state index contributed by atoms with van der Waals surface area (Å²) in [5.41, 5.74) is 2.99. The van der Waals surface area contributed by atoms with Crippen LogP contribution in [0.2, 0.25) is 5.02 Å². The summed E-state index contributed by atoms with van der Waals surface area (Å²) in [4.78, 5) is 28.3. The van der Waals surface area contributed by atoms with Crippen LogP contribution < -0.4 is 4.90 Å². The Labute approximate surface area is 192 Å². The Morgan fingerprint density at radius 2 is 1.72 bits per heavy atom. The predicted molar refractivity (Wildman–Crippen MR) is 125 cm³/mol. The van der Waals surface area contributed by atoms with Crippen molar-refractivity contribution in [2.24, 2.45) is 0 Å². The number of benzene rings is 3. The first-order valence-electron chi connectivity index (χ1n) is 11.0. The predicted octanol–water partition coefficient (Wildman–Crippen LogP) is 5.23. The van der Waals surface area contributed by atoms with E-state index in [0.29, 0.717) is 28.4 Å². The molecule has 0 aromatic heterocycles. The summed E-state index contributed by atoms with van der Waals surface area (Å²) in [5, 5.41) is 12.0. The summed E-state index contributed by atoms with van der Waals surface area (Å²) in [7, 11) is 0. The van der Waals surface area contributed by atoms with Crippen LogP contribution in [0.5, 0.6) is 0 Å². The smallest absolute Gasteiger partial charge is 0.264 e. The molecule has 1 N–H and O–H groups in total. The van der Waals surface area contributed by atoms with E-state index in [1.54, 1.807) is 23.1 Å². The number of hydrogen-bond acceptors (Lipinski definition) is 3. The maximum Gasteiger partial charge on any atom is 0.264 e. The third-order valence-corrected chi connectivity index (χ3v) is 6.80. The van der Waals surface area contributed by atoms with Gasteiger partial charge in [-0.3, -0.25) is 9.59 Å². The molecule has 1 atom stereocenters. The van der Waals surface area contributed by atoms with E-state index in [0.717, 1.165) is 24.8 Å². The number of aliphatic hydroxyl groups is 1.